The number of hydrogen-bond acceptors (Lipinski definition) is 3. The Labute approximate surface area is 164 Å². The number of nitrogens with zero attached hydrogens (tertiary/aromatic N) is 2. The summed E-state index contributed by atoms with van der Waals surface area (Å²) in [6.45, 7) is 1.93. The Morgan fingerprint density at radius 1 is 0.964 bits per heavy atom. The van der Waals surface area contributed by atoms with Gasteiger partial charge in [0.15, 0.2) is 0 Å². The zero-order chi connectivity index (χ0) is 19.7. The number of aromatic amines is 1. The molecule has 4 nitrogen and oxygen atoms in total. The highest BCUT2D eigenvalue weighted by atomic mass is 32.2. The Hall–Kier alpha value is -3.12. The molecule has 1 unspecified atom stereocenters. The zero-order valence-corrected chi connectivity index (χ0v) is 16.3. The minimum absolute atomic E-state index is 0.312. The third kappa shape index (κ3) is 3.51. The largest absolute Gasteiger partial charge is 0.276 e. The molecule has 1 N–H and O–H groups in total. The molecule has 4 aromatic rings. The first-order valence-corrected chi connectivity index (χ1v) is 10.3. The molecule has 0 aliphatic carbocycles. The number of halogens is 1. The maximum atomic E-state index is 14.5. The van der Waals surface area contributed by atoms with E-state index in [4.69, 9.17) is 0 Å². The molecule has 0 bridgehead atoms. The average molecular weight is 391 g/mol. The number of rotatable bonds is 4. The van der Waals surface area contributed by atoms with Crippen LogP contribution in [0.15, 0.2) is 71.8 Å². The molecule has 2 aromatic heterocycles. The van der Waals surface area contributed by atoms with Crippen LogP contribution >= 0.6 is 0 Å². The van der Waals surface area contributed by atoms with Gasteiger partial charge in [0.05, 0.1) is 17.6 Å². The summed E-state index contributed by atoms with van der Waals surface area (Å²) in [5, 5.41) is 7.17. The van der Waals surface area contributed by atoms with Gasteiger partial charge >= 0.3 is 0 Å². The second-order valence-corrected chi connectivity index (χ2v) is 7.88. The molecule has 2 heterocycles. The zero-order valence-electron chi connectivity index (χ0n) is 15.4. The highest BCUT2D eigenvalue weighted by molar-refractivity contribution is 7.84. The number of pyridine rings is 1. The molecule has 0 saturated carbocycles. The second-order valence-electron chi connectivity index (χ2n) is 6.50. The second kappa shape index (κ2) is 7.48. The van der Waals surface area contributed by atoms with Crippen LogP contribution in [0.4, 0.5) is 4.39 Å². The Bertz CT molecular complexity index is 1170. The van der Waals surface area contributed by atoms with Crippen molar-refractivity contribution in [2.45, 2.75) is 11.8 Å². The van der Waals surface area contributed by atoms with Gasteiger partial charge in [-0.15, -0.1) is 0 Å². The van der Waals surface area contributed by atoms with Crippen LogP contribution < -0.4 is 0 Å². The van der Waals surface area contributed by atoms with E-state index in [0.29, 0.717) is 10.5 Å². The number of hydrogen-bond donors (Lipinski definition) is 1. The molecule has 140 valence electrons. The van der Waals surface area contributed by atoms with Crippen LogP contribution in [0.5, 0.6) is 0 Å². The van der Waals surface area contributed by atoms with Crippen molar-refractivity contribution in [3.8, 4) is 33.6 Å². The van der Waals surface area contributed by atoms with E-state index >= 15 is 0 Å². The predicted octanol–water partition coefficient (Wildman–Crippen LogP) is 4.99. The lowest BCUT2D eigenvalue weighted by Crippen LogP contribution is -1.91. The van der Waals surface area contributed by atoms with Crippen molar-refractivity contribution in [3.63, 3.8) is 0 Å². The fourth-order valence-corrected chi connectivity index (χ4v) is 3.64. The summed E-state index contributed by atoms with van der Waals surface area (Å²) in [6, 6.07) is 17.9. The highest BCUT2D eigenvalue weighted by Gasteiger charge is 2.14. The maximum absolute atomic E-state index is 14.5. The van der Waals surface area contributed by atoms with Crippen LogP contribution in [-0.4, -0.2) is 25.6 Å². The van der Waals surface area contributed by atoms with Crippen molar-refractivity contribution >= 4 is 10.8 Å². The van der Waals surface area contributed by atoms with Gasteiger partial charge in [0.25, 0.3) is 0 Å². The fraction of sp³-hybridized carbons (Fsp3) is 0.0909. The van der Waals surface area contributed by atoms with E-state index in [1.165, 1.54) is 6.07 Å². The molecule has 4 rings (SSSR count). The number of H-pyrrole nitrogens is 1. The van der Waals surface area contributed by atoms with Gasteiger partial charge in [-0.25, -0.2) is 4.39 Å². The number of benzene rings is 2. The van der Waals surface area contributed by atoms with E-state index in [-0.39, 0.29) is 5.82 Å². The Morgan fingerprint density at radius 2 is 1.71 bits per heavy atom. The van der Waals surface area contributed by atoms with Crippen molar-refractivity contribution < 1.29 is 8.60 Å². The molecule has 0 aliphatic heterocycles. The first kappa shape index (κ1) is 18.3. The van der Waals surface area contributed by atoms with Crippen molar-refractivity contribution in [3.05, 3.63) is 78.4 Å². The summed E-state index contributed by atoms with van der Waals surface area (Å²) in [4.78, 5) is 5.26. The summed E-state index contributed by atoms with van der Waals surface area (Å²) in [6.07, 6.45) is 3.34. The molecular formula is C22H18FN3OS. The lowest BCUT2D eigenvalue weighted by atomic mass is 9.98. The lowest BCUT2D eigenvalue weighted by Gasteiger charge is -2.09. The van der Waals surface area contributed by atoms with Crippen molar-refractivity contribution in [2.24, 2.45) is 0 Å². The first-order chi connectivity index (χ1) is 13.5. The topological polar surface area (TPSA) is 58.6 Å². The van der Waals surface area contributed by atoms with E-state index in [1.807, 2.05) is 25.1 Å². The van der Waals surface area contributed by atoms with Gasteiger partial charge in [-0.05, 0) is 54.4 Å². The molecule has 6 heteroatoms. The maximum Gasteiger partial charge on any atom is 0.131 e. The molecular weight excluding hydrogens is 373 g/mol. The summed E-state index contributed by atoms with van der Waals surface area (Å²) >= 11 is 0. The van der Waals surface area contributed by atoms with Crippen LogP contribution in [0.1, 0.15) is 5.69 Å². The van der Waals surface area contributed by atoms with Crippen LogP contribution in [-0.2, 0) is 10.8 Å². The third-order valence-corrected chi connectivity index (χ3v) is 5.49. The number of nitrogens with one attached hydrogen (secondary N) is 1. The Morgan fingerprint density at radius 3 is 2.43 bits per heavy atom. The smallest absolute Gasteiger partial charge is 0.131 e. The van der Waals surface area contributed by atoms with Crippen molar-refractivity contribution in [1.29, 1.82) is 0 Å². The molecule has 0 saturated heterocycles. The summed E-state index contributed by atoms with van der Waals surface area (Å²) in [7, 11) is -1.07. The molecule has 0 radical (unpaired) electrons. The van der Waals surface area contributed by atoms with Crippen LogP contribution in [0.25, 0.3) is 33.6 Å². The van der Waals surface area contributed by atoms with Gasteiger partial charge in [0, 0.05) is 38.8 Å². The van der Waals surface area contributed by atoms with Crippen LogP contribution in [0.2, 0.25) is 0 Å². The summed E-state index contributed by atoms with van der Waals surface area (Å²) < 4.78 is 26.1. The van der Waals surface area contributed by atoms with Gasteiger partial charge in [-0.1, -0.05) is 24.3 Å². The molecule has 0 fully saturated rings. The fourth-order valence-electron chi connectivity index (χ4n) is 3.12. The van der Waals surface area contributed by atoms with Gasteiger partial charge in [-0.3, -0.25) is 14.3 Å². The highest BCUT2D eigenvalue weighted by Crippen LogP contribution is 2.33. The Kier molecular flexibility index (Phi) is 4.88. The number of aryl methyl sites for hydroxylation is 1. The molecule has 0 aliphatic rings. The quantitative estimate of drug-likeness (QED) is 0.533. The average Bonchev–Trinajstić information content (AvgIpc) is 3.18. The molecule has 1 atom stereocenters. The lowest BCUT2D eigenvalue weighted by molar-refractivity contribution is 0.631. The van der Waals surface area contributed by atoms with Gasteiger partial charge < -0.3 is 0 Å². The van der Waals surface area contributed by atoms with Gasteiger partial charge in [0.1, 0.15) is 5.82 Å². The van der Waals surface area contributed by atoms with Gasteiger partial charge in [0.2, 0.25) is 0 Å². The normalized spacial score (nSPS) is 12.1. The predicted molar refractivity (Wildman–Crippen MR) is 110 cm³/mol. The van der Waals surface area contributed by atoms with E-state index in [9.17, 15) is 8.60 Å². The monoisotopic (exact) mass is 391 g/mol. The molecule has 2 aromatic carbocycles. The molecule has 0 amide bonds. The van der Waals surface area contributed by atoms with Crippen LogP contribution in [0.3, 0.4) is 0 Å². The summed E-state index contributed by atoms with van der Waals surface area (Å²) in [5.41, 5.74) is 5.39. The van der Waals surface area contributed by atoms with Crippen molar-refractivity contribution in [2.75, 3.05) is 6.26 Å². The van der Waals surface area contributed by atoms with E-state index < -0.39 is 10.8 Å². The summed E-state index contributed by atoms with van der Waals surface area (Å²) in [5.74, 6) is -0.312. The van der Waals surface area contributed by atoms with E-state index in [2.05, 4.69) is 15.2 Å². The Balaban J connectivity index is 1.78. The molecule has 28 heavy (non-hydrogen) atoms. The van der Waals surface area contributed by atoms with E-state index in [0.717, 1.165) is 33.8 Å². The minimum atomic E-state index is -1.07. The van der Waals surface area contributed by atoms with Crippen LogP contribution in [0, 0.1) is 12.7 Å². The first-order valence-electron chi connectivity index (χ1n) is 8.74. The minimum Gasteiger partial charge on any atom is -0.276 e. The van der Waals surface area contributed by atoms with Gasteiger partial charge in [-0.2, -0.15) is 5.10 Å². The molecule has 0 spiro atoms. The standard InChI is InChI=1S/C22H18FN3OS/c1-14-4-3-5-21(25-14)22-19(13-24-26-22)16-8-11-20(23)18(12-16)15-6-9-17(10-7-15)28(2)27/h3-13H,1-2H3,(H,24,26). The number of aromatic nitrogens is 3. The van der Waals surface area contributed by atoms with Crippen molar-refractivity contribution in [1.82, 2.24) is 15.2 Å². The third-order valence-electron chi connectivity index (χ3n) is 4.56. The van der Waals surface area contributed by atoms with E-state index in [1.54, 1.807) is 48.9 Å². The SMILES string of the molecule is Cc1cccc(-c2[nH]ncc2-c2ccc(F)c(-c3ccc(S(C)=O)cc3)c2)n1.